The summed E-state index contributed by atoms with van der Waals surface area (Å²) in [7, 11) is 1.55. The van der Waals surface area contributed by atoms with Crippen molar-refractivity contribution in [3.63, 3.8) is 0 Å². The molecular weight excluding hydrogens is 380 g/mol. The summed E-state index contributed by atoms with van der Waals surface area (Å²) in [6.45, 7) is 4.21. The Labute approximate surface area is 175 Å². The zero-order valence-corrected chi connectivity index (χ0v) is 17.1. The average Bonchev–Trinajstić information content (AvgIpc) is 3.26. The van der Waals surface area contributed by atoms with Crippen LogP contribution in [0.2, 0.25) is 0 Å². The van der Waals surface area contributed by atoms with Crippen molar-refractivity contribution in [2.45, 2.75) is 19.8 Å². The molecule has 0 saturated carbocycles. The van der Waals surface area contributed by atoms with Crippen LogP contribution in [0.1, 0.15) is 41.4 Å². The van der Waals surface area contributed by atoms with Crippen LogP contribution >= 0.6 is 0 Å². The first-order valence-electron chi connectivity index (χ1n) is 9.58. The molecule has 2 amide bonds. The molecule has 0 bridgehead atoms. The zero-order chi connectivity index (χ0) is 21.5. The van der Waals surface area contributed by atoms with E-state index in [1.165, 1.54) is 17.9 Å². The smallest absolute Gasteiger partial charge is 0.272 e. The Hall–Kier alpha value is -3.80. The second kappa shape index (κ2) is 9.60. The lowest BCUT2D eigenvalue weighted by molar-refractivity contribution is -0.113. The van der Waals surface area contributed by atoms with Crippen LogP contribution in [0.15, 0.2) is 77.0 Å². The highest BCUT2D eigenvalue weighted by atomic mass is 16.5. The van der Waals surface area contributed by atoms with Gasteiger partial charge in [0.1, 0.15) is 17.2 Å². The van der Waals surface area contributed by atoms with Gasteiger partial charge in [-0.05, 0) is 60.0 Å². The summed E-state index contributed by atoms with van der Waals surface area (Å²) in [5.74, 6) is 0.616. The fourth-order valence-corrected chi connectivity index (χ4v) is 2.76. The Morgan fingerprint density at radius 3 is 2.27 bits per heavy atom. The quantitative estimate of drug-likeness (QED) is 0.553. The van der Waals surface area contributed by atoms with Crippen molar-refractivity contribution in [1.29, 1.82) is 0 Å². The largest absolute Gasteiger partial charge is 0.497 e. The van der Waals surface area contributed by atoms with Gasteiger partial charge in [-0.3, -0.25) is 9.59 Å². The summed E-state index contributed by atoms with van der Waals surface area (Å²) in [6.07, 6.45) is 2.98. The Morgan fingerprint density at radius 2 is 1.70 bits per heavy atom. The molecule has 0 atom stereocenters. The molecule has 1 aromatic heterocycles. The summed E-state index contributed by atoms with van der Waals surface area (Å²) in [5, 5.41) is 5.48. The molecule has 0 aliphatic rings. The molecular formula is C24H24N2O4. The second-order valence-electron chi connectivity index (χ2n) is 6.99. The van der Waals surface area contributed by atoms with E-state index in [4.69, 9.17) is 9.15 Å². The van der Waals surface area contributed by atoms with Crippen molar-refractivity contribution in [3.05, 3.63) is 89.5 Å². The van der Waals surface area contributed by atoms with Crippen LogP contribution in [0.4, 0.5) is 5.69 Å². The summed E-state index contributed by atoms with van der Waals surface area (Å²) >= 11 is 0. The van der Waals surface area contributed by atoms with Gasteiger partial charge in [-0.1, -0.05) is 26.0 Å². The van der Waals surface area contributed by atoms with Crippen LogP contribution in [0.25, 0.3) is 6.08 Å². The van der Waals surface area contributed by atoms with Gasteiger partial charge in [0.2, 0.25) is 0 Å². The maximum atomic E-state index is 12.9. The van der Waals surface area contributed by atoms with Crippen molar-refractivity contribution in [2.75, 3.05) is 12.4 Å². The first kappa shape index (κ1) is 20.9. The third-order valence-corrected chi connectivity index (χ3v) is 4.51. The van der Waals surface area contributed by atoms with Gasteiger partial charge in [0.05, 0.1) is 13.4 Å². The molecule has 0 fully saturated rings. The second-order valence-corrected chi connectivity index (χ2v) is 6.99. The minimum Gasteiger partial charge on any atom is -0.497 e. The molecule has 154 valence electrons. The number of benzene rings is 2. The fourth-order valence-electron chi connectivity index (χ4n) is 2.76. The van der Waals surface area contributed by atoms with E-state index < -0.39 is 11.8 Å². The maximum Gasteiger partial charge on any atom is 0.272 e. The first-order chi connectivity index (χ1) is 14.5. The third kappa shape index (κ3) is 5.38. The lowest BCUT2D eigenvalue weighted by Gasteiger charge is -2.12. The molecule has 3 aromatic rings. The molecule has 6 nitrogen and oxygen atoms in total. The molecule has 0 saturated heterocycles. The lowest BCUT2D eigenvalue weighted by atomic mass is 10.0. The van der Waals surface area contributed by atoms with E-state index in [1.54, 1.807) is 43.5 Å². The van der Waals surface area contributed by atoms with E-state index in [2.05, 4.69) is 24.5 Å². The standard InChI is InChI=1S/C24H24N2O4/c1-16(2)17-6-10-19(11-7-17)25-24(28)22(15-21-5-4-14-30-21)26-23(27)18-8-12-20(29-3)13-9-18/h4-16H,1-3H3,(H,25,28)(H,26,27)/b22-15-. The Kier molecular flexibility index (Phi) is 6.70. The third-order valence-electron chi connectivity index (χ3n) is 4.51. The number of nitrogens with one attached hydrogen (secondary N) is 2. The Balaban J connectivity index is 1.79. The normalized spacial score (nSPS) is 11.3. The number of ether oxygens (including phenoxy) is 1. The molecule has 30 heavy (non-hydrogen) atoms. The van der Waals surface area contributed by atoms with E-state index in [0.717, 1.165) is 0 Å². The highest BCUT2D eigenvalue weighted by molar-refractivity contribution is 6.10. The lowest BCUT2D eigenvalue weighted by Crippen LogP contribution is -2.30. The molecule has 0 spiro atoms. The highest BCUT2D eigenvalue weighted by Crippen LogP contribution is 2.18. The summed E-state index contributed by atoms with van der Waals surface area (Å²) in [6, 6.07) is 17.6. The van der Waals surface area contributed by atoms with Crippen LogP contribution in [0.3, 0.4) is 0 Å². The molecule has 3 rings (SSSR count). The number of anilines is 1. The SMILES string of the molecule is COc1ccc(C(=O)N/C(=C\c2ccco2)C(=O)Nc2ccc(C(C)C)cc2)cc1. The number of carbonyl (C=O) groups excluding carboxylic acids is 2. The van der Waals surface area contributed by atoms with Gasteiger partial charge in [0.15, 0.2) is 0 Å². The number of methoxy groups -OCH3 is 1. The van der Waals surface area contributed by atoms with Crippen LogP contribution < -0.4 is 15.4 Å². The van der Waals surface area contributed by atoms with Gasteiger partial charge in [-0.25, -0.2) is 0 Å². The Bertz CT molecular complexity index is 1020. The fraction of sp³-hybridized carbons (Fsp3) is 0.167. The molecule has 0 aliphatic heterocycles. The summed E-state index contributed by atoms with van der Waals surface area (Å²) in [4.78, 5) is 25.5. The predicted molar refractivity (Wildman–Crippen MR) is 116 cm³/mol. The number of amides is 2. The van der Waals surface area contributed by atoms with Crippen molar-refractivity contribution in [3.8, 4) is 5.75 Å². The zero-order valence-electron chi connectivity index (χ0n) is 17.1. The van der Waals surface area contributed by atoms with Gasteiger partial charge in [0, 0.05) is 17.3 Å². The van der Waals surface area contributed by atoms with E-state index in [-0.39, 0.29) is 5.70 Å². The van der Waals surface area contributed by atoms with Crippen molar-refractivity contribution in [1.82, 2.24) is 5.32 Å². The van der Waals surface area contributed by atoms with Crippen molar-refractivity contribution < 1.29 is 18.7 Å². The maximum absolute atomic E-state index is 12.9. The van der Waals surface area contributed by atoms with Gasteiger partial charge in [0.25, 0.3) is 11.8 Å². The Morgan fingerprint density at radius 1 is 1.00 bits per heavy atom. The van der Waals surface area contributed by atoms with Gasteiger partial charge in [-0.2, -0.15) is 0 Å². The highest BCUT2D eigenvalue weighted by Gasteiger charge is 2.16. The predicted octanol–water partition coefficient (Wildman–Crippen LogP) is 4.82. The number of hydrogen-bond donors (Lipinski definition) is 2. The molecule has 0 unspecified atom stereocenters. The van der Waals surface area contributed by atoms with E-state index in [0.29, 0.717) is 28.7 Å². The van der Waals surface area contributed by atoms with E-state index in [1.807, 2.05) is 24.3 Å². The van der Waals surface area contributed by atoms with Gasteiger partial charge >= 0.3 is 0 Å². The van der Waals surface area contributed by atoms with Gasteiger partial charge in [-0.15, -0.1) is 0 Å². The number of rotatable bonds is 7. The topological polar surface area (TPSA) is 80.6 Å². The van der Waals surface area contributed by atoms with Crippen LogP contribution in [0, 0.1) is 0 Å². The summed E-state index contributed by atoms with van der Waals surface area (Å²) < 4.78 is 10.4. The van der Waals surface area contributed by atoms with E-state index in [9.17, 15) is 9.59 Å². The summed E-state index contributed by atoms with van der Waals surface area (Å²) in [5.41, 5.74) is 2.27. The minimum atomic E-state index is -0.453. The van der Waals surface area contributed by atoms with Crippen molar-refractivity contribution >= 4 is 23.6 Å². The van der Waals surface area contributed by atoms with Crippen molar-refractivity contribution in [2.24, 2.45) is 0 Å². The minimum absolute atomic E-state index is 0.0682. The first-order valence-corrected chi connectivity index (χ1v) is 9.58. The average molecular weight is 404 g/mol. The van der Waals surface area contributed by atoms with Crippen LogP contribution in [0.5, 0.6) is 5.75 Å². The van der Waals surface area contributed by atoms with Crippen LogP contribution in [-0.4, -0.2) is 18.9 Å². The van der Waals surface area contributed by atoms with E-state index >= 15 is 0 Å². The molecule has 2 aromatic carbocycles. The molecule has 1 heterocycles. The van der Waals surface area contributed by atoms with Gasteiger partial charge < -0.3 is 19.8 Å². The molecule has 6 heteroatoms. The number of furan rings is 1. The molecule has 0 aliphatic carbocycles. The van der Waals surface area contributed by atoms with Crippen LogP contribution in [-0.2, 0) is 4.79 Å². The molecule has 0 radical (unpaired) electrons. The monoisotopic (exact) mass is 404 g/mol. The number of carbonyl (C=O) groups is 2. The number of hydrogen-bond acceptors (Lipinski definition) is 4. The molecule has 2 N–H and O–H groups in total.